The van der Waals surface area contributed by atoms with E-state index in [1.54, 1.807) is 13.8 Å². The summed E-state index contributed by atoms with van der Waals surface area (Å²) in [7, 11) is 0. The molecule has 1 amide bonds. The van der Waals surface area contributed by atoms with Crippen molar-refractivity contribution in [2.24, 2.45) is 5.73 Å². The zero-order valence-electron chi connectivity index (χ0n) is 7.90. The predicted molar refractivity (Wildman–Crippen MR) is 50.2 cm³/mol. The van der Waals surface area contributed by atoms with Crippen molar-refractivity contribution in [3.8, 4) is 0 Å². The lowest BCUT2D eigenvalue weighted by Gasteiger charge is -2.08. The molecule has 6 nitrogen and oxygen atoms in total. The lowest BCUT2D eigenvalue weighted by Crippen LogP contribution is -2.35. The molecular formula is C8H11N3O3. The molecule has 76 valence electrons. The van der Waals surface area contributed by atoms with E-state index in [1.807, 2.05) is 4.98 Å². The third kappa shape index (κ3) is 1.73. The molecule has 0 aliphatic rings. The van der Waals surface area contributed by atoms with Crippen LogP contribution < -0.4 is 17.0 Å². The molecule has 6 heteroatoms. The van der Waals surface area contributed by atoms with E-state index in [0.717, 1.165) is 0 Å². The number of primary amides is 1. The Bertz CT molecular complexity index is 469. The summed E-state index contributed by atoms with van der Waals surface area (Å²) in [6, 6.07) is -0.141. The Labute approximate surface area is 79.4 Å². The minimum Gasteiger partial charge on any atom is -0.365 e. The van der Waals surface area contributed by atoms with Crippen molar-refractivity contribution in [3.63, 3.8) is 0 Å². The number of aromatic nitrogens is 2. The van der Waals surface area contributed by atoms with Gasteiger partial charge in [0.05, 0.1) is 0 Å². The average Bonchev–Trinajstić information content (AvgIpc) is 2.02. The SMILES string of the molecule is CC(C)n1cc(C(N)=O)c(=O)[nH]c1=O. The van der Waals surface area contributed by atoms with Gasteiger partial charge in [-0.25, -0.2) is 4.79 Å². The number of nitrogens with two attached hydrogens (primary N) is 1. The van der Waals surface area contributed by atoms with Crippen LogP contribution in [0.4, 0.5) is 0 Å². The van der Waals surface area contributed by atoms with Gasteiger partial charge in [-0.15, -0.1) is 0 Å². The van der Waals surface area contributed by atoms with Crippen molar-refractivity contribution in [2.45, 2.75) is 19.9 Å². The van der Waals surface area contributed by atoms with E-state index in [2.05, 4.69) is 0 Å². The van der Waals surface area contributed by atoms with Crippen molar-refractivity contribution in [3.05, 3.63) is 32.6 Å². The standard InChI is InChI=1S/C8H11N3O3/c1-4(2)11-3-5(6(9)12)7(13)10-8(11)14/h3-4H,1-2H3,(H2,9,12)(H,10,13,14). The van der Waals surface area contributed by atoms with Gasteiger partial charge in [-0.1, -0.05) is 0 Å². The molecule has 0 aliphatic heterocycles. The Morgan fingerprint density at radius 1 is 1.50 bits per heavy atom. The molecular weight excluding hydrogens is 186 g/mol. The number of hydrogen-bond donors (Lipinski definition) is 2. The minimum atomic E-state index is -0.847. The highest BCUT2D eigenvalue weighted by Gasteiger charge is 2.10. The highest BCUT2D eigenvalue weighted by Crippen LogP contribution is 1.98. The summed E-state index contributed by atoms with van der Waals surface area (Å²) in [5.74, 6) is -0.847. The zero-order valence-corrected chi connectivity index (χ0v) is 7.90. The van der Waals surface area contributed by atoms with Gasteiger partial charge in [-0.2, -0.15) is 0 Å². The number of amides is 1. The summed E-state index contributed by atoms with van der Waals surface area (Å²) >= 11 is 0. The smallest absolute Gasteiger partial charge is 0.328 e. The number of nitrogens with one attached hydrogen (secondary N) is 1. The molecule has 0 atom stereocenters. The molecule has 0 unspecified atom stereocenters. The topological polar surface area (TPSA) is 97.9 Å². The van der Waals surface area contributed by atoms with Gasteiger partial charge in [-0.3, -0.25) is 19.1 Å². The normalized spacial score (nSPS) is 10.5. The van der Waals surface area contributed by atoms with Crippen molar-refractivity contribution in [1.82, 2.24) is 9.55 Å². The number of aromatic amines is 1. The van der Waals surface area contributed by atoms with Gasteiger partial charge in [0.1, 0.15) is 5.56 Å². The highest BCUT2D eigenvalue weighted by atomic mass is 16.2. The number of carbonyl (C=O) groups is 1. The van der Waals surface area contributed by atoms with Crippen LogP contribution in [-0.4, -0.2) is 15.5 Å². The molecule has 14 heavy (non-hydrogen) atoms. The quantitative estimate of drug-likeness (QED) is 0.650. The van der Waals surface area contributed by atoms with Crippen LogP contribution in [0.25, 0.3) is 0 Å². The monoisotopic (exact) mass is 197 g/mol. The van der Waals surface area contributed by atoms with Crippen LogP contribution in [0.15, 0.2) is 15.8 Å². The van der Waals surface area contributed by atoms with Gasteiger partial charge in [0.15, 0.2) is 0 Å². The van der Waals surface area contributed by atoms with Gasteiger partial charge in [0, 0.05) is 12.2 Å². The van der Waals surface area contributed by atoms with Crippen molar-refractivity contribution < 1.29 is 4.79 Å². The van der Waals surface area contributed by atoms with E-state index in [1.165, 1.54) is 10.8 Å². The molecule has 1 rings (SSSR count). The lowest BCUT2D eigenvalue weighted by atomic mass is 10.3. The summed E-state index contributed by atoms with van der Waals surface area (Å²) in [6.07, 6.45) is 1.17. The van der Waals surface area contributed by atoms with Crippen LogP contribution in [0, 0.1) is 0 Å². The predicted octanol–water partition coefficient (Wildman–Crippen LogP) is -0.784. The molecule has 1 aromatic heterocycles. The second kappa shape index (κ2) is 3.49. The number of hydrogen-bond acceptors (Lipinski definition) is 3. The van der Waals surface area contributed by atoms with Gasteiger partial charge in [0.25, 0.3) is 11.5 Å². The maximum absolute atomic E-state index is 11.2. The van der Waals surface area contributed by atoms with E-state index in [-0.39, 0.29) is 11.6 Å². The number of H-pyrrole nitrogens is 1. The molecule has 0 fully saturated rings. The van der Waals surface area contributed by atoms with Crippen molar-refractivity contribution in [2.75, 3.05) is 0 Å². The summed E-state index contributed by atoms with van der Waals surface area (Å²) < 4.78 is 1.24. The first kappa shape index (κ1) is 10.2. The summed E-state index contributed by atoms with van der Waals surface area (Å²) in [5, 5.41) is 0. The minimum absolute atomic E-state index is 0.141. The molecule has 0 radical (unpaired) electrons. The molecule has 1 heterocycles. The van der Waals surface area contributed by atoms with Gasteiger partial charge in [0.2, 0.25) is 0 Å². The van der Waals surface area contributed by atoms with E-state index >= 15 is 0 Å². The van der Waals surface area contributed by atoms with Crippen molar-refractivity contribution in [1.29, 1.82) is 0 Å². The van der Waals surface area contributed by atoms with Gasteiger partial charge >= 0.3 is 5.69 Å². The van der Waals surface area contributed by atoms with Crippen LogP contribution >= 0.6 is 0 Å². The van der Waals surface area contributed by atoms with E-state index < -0.39 is 17.2 Å². The Hall–Kier alpha value is -1.85. The number of carbonyl (C=O) groups excluding carboxylic acids is 1. The van der Waals surface area contributed by atoms with Crippen molar-refractivity contribution >= 4 is 5.91 Å². The fourth-order valence-corrected chi connectivity index (χ4v) is 1.04. The van der Waals surface area contributed by atoms with Crippen LogP contribution in [0.2, 0.25) is 0 Å². The zero-order chi connectivity index (χ0) is 10.9. The molecule has 0 spiro atoms. The highest BCUT2D eigenvalue weighted by molar-refractivity contribution is 5.91. The fraction of sp³-hybridized carbons (Fsp3) is 0.375. The third-order valence-corrected chi connectivity index (χ3v) is 1.79. The second-order valence-electron chi connectivity index (χ2n) is 3.17. The molecule has 0 aliphatic carbocycles. The molecule has 0 saturated carbocycles. The van der Waals surface area contributed by atoms with Crippen LogP contribution in [0.1, 0.15) is 30.2 Å². The maximum Gasteiger partial charge on any atom is 0.328 e. The van der Waals surface area contributed by atoms with Crippen LogP contribution in [0.5, 0.6) is 0 Å². The van der Waals surface area contributed by atoms with Crippen LogP contribution in [-0.2, 0) is 0 Å². The number of nitrogens with zero attached hydrogens (tertiary/aromatic N) is 1. The fourth-order valence-electron chi connectivity index (χ4n) is 1.04. The molecule has 3 N–H and O–H groups in total. The maximum atomic E-state index is 11.2. The van der Waals surface area contributed by atoms with Crippen LogP contribution in [0.3, 0.4) is 0 Å². The van der Waals surface area contributed by atoms with E-state index in [4.69, 9.17) is 5.73 Å². The molecule has 1 aromatic rings. The first-order valence-corrected chi connectivity index (χ1v) is 4.08. The van der Waals surface area contributed by atoms with Gasteiger partial charge < -0.3 is 5.73 Å². The van der Waals surface area contributed by atoms with Gasteiger partial charge in [-0.05, 0) is 13.8 Å². The average molecular weight is 197 g/mol. The molecule has 0 saturated heterocycles. The first-order valence-electron chi connectivity index (χ1n) is 4.08. The Morgan fingerprint density at radius 3 is 2.50 bits per heavy atom. The first-order chi connectivity index (χ1) is 6.43. The summed E-state index contributed by atoms with van der Waals surface area (Å²) in [5.41, 5.74) is 3.45. The summed E-state index contributed by atoms with van der Waals surface area (Å²) in [6.45, 7) is 3.51. The molecule has 0 aromatic carbocycles. The Kier molecular flexibility index (Phi) is 2.55. The summed E-state index contributed by atoms with van der Waals surface area (Å²) in [4.78, 5) is 35.1. The largest absolute Gasteiger partial charge is 0.365 e. The van der Waals surface area contributed by atoms with E-state index in [9.17, 15) is 14.4 Å². The van der Waals surface area contributed by atoms with E-state index in [0.29, 0.717) is 0 Å². The third-order valence-electron chi connectivity index (χ3n) is 1.79. The second-order valence-corrected chi connectivity index (χ2v) is 3.17. The number of rotatable bonds is 2. The molecule has 0 bridgehead atoms. The Balaban J connectivity index is 3.51. The lowest BCUT2D eigenvalue weighted by molar-refractivity contribution is 0.0997. The Morgan fingerprint density at radius 2 is 2.07 bits per heavy atom.